The maximum atomic E-state index is 6.45. The van der Waals surface area contributed by atoms with Gasteiger partial charge in [0.15, 0.2) is 5.82 Å². The van der Waals surface area contributed by atoms with Gasteiger partial charge >= 0.3 is 0 Å². The van der Waals surface area contributed by atoms with E-state index in [9.17, 15) is 0 Å². The fraction of sp³-hybridized carbons (Fsp3) is 0.467. The van der Waals surface area contributed by atoms with E-state index in [2.05, 4.69) is 45.7 Å². The molecule has 1 aliphatic rings. The van der Waals surface area contributed by atoms with Crippen molar-refractivity contribution in [3.63, 3.8) is 0 Å². The molecule has 5 heteroatoms. The van der Waals surface area contributed by atoms with E-state index < -0.39 is 5.54 Å². The number of hydrogen-bond acceptors (Lipinski definition) is 4. The number of halogens is 1. The molecule has 3 rings (SSSR count). The van der Waals surface area contributed by atoms with Crippen LogP contribution < -0.4 is 5.73 Å². The molecular formula is C15H18IN3O. The van der Waals surface area contributed by atoms with Crippen LogP contribution in [-0.2, 0) is 5.54 Å². The molecule has 0 spiro atoms. The zero-order valence-corrected chi connectivity index (χ0v) is 13.7. The third kappa shape index (κ3) is 2.48. The van der Waals surface area contributed by atoms with Crippen molar-refractivity contribution in [1.82, 2.24) is 10.1 Å². The molecule has 0 unspecified atom stereocenters. The Morgan fingerprint density at radius 1 is 1.25 bits per heavy atom. The van der Waals surface area contributed by atoms with Gasteiger partial charge in [0.2, 0.25) is 0 Å². The molecule has 0 aliphatic heterocycles. The third-order valence-electron chi connectivity index (χ3n) is 4.04. The zero-order chi connectivity index (χ0) is 14.2. The summed E-state index contributed by atoms with van der Waals surface area (Å²) >= 11 is 2.32. The molecule has 1 heterocycles. The minimum atomic E-state index is -0.407. The average molecular weight is 383 g/mol. The van der Waals surface area contributed by atoms with Crippen LogP contribution in [0.1, 0.15) is 43.5 Å². The quantitative estimate of drug-likeness (QED) is 0.802. The Morgan fingerprint density at radius 3 is 2.75 bits per heavy atom. The largest absolute Gasteiger partial charge is 0.334 e. The standard InChI is InChI=1S/C15H18IN3O/c1-10-6-5-7-11(12(10)16)13-18-14(19-20-13)15(17)8-3-2-4-9-15/h5-7H,2-4,8-9,17H2,1H3. The number of nitrogens with zero attached hydrogens (tertiary/aromatic N) is 2. The molecule has 1 saturated carbocycles. The van der Waals surface area contributed by atoms with Crippen molar-refractivity contribution in [1.29, 1.82) is 0 Å². The Morgan fingerprint density at radius 2 is 2.00 bits per heavy atom. The molecule has 20 heavy (non-hydrogen) atoms. The minimum absolute atomic E-state index is 0.407. The fourth-order valence-electron chi connectivity index (χ4n) is 2.75. The van der Waals surface area contributed by atoms with Crippen LogP contribution in [0, 0.1) is 10.5 Å². The van der Waals surface area contributed by atoms with E-state index in [-0.39, 0.29) is 0 Å². The number of aryl methyl sites for hydroxylation is 1. The van der Waals surface area contributed by atoms with Crippen molar-refractivity contribution in [2.45, 2.75) is 44.6 Å². The lowest BCUT2D eigenvalue weighted by Gasteiger charge is -2.29. The Bertz CT molecular complexity index is 617. The van der Waals surface area contributed by atoms with Gasteiger partial charge in [-0.2, -0.15) is 4.98 Å². The van der Waals surface area contributed by atoms with E-state index >= 15 is 0 Å². The van der Waals surface area contributed by atoms with Crippen LogP contribution in [0.25, 0.3) is 11.5 Å². The van der Waals surface area contributed by atoms with Gasteiger partial charge in [0.05, 0.1) is 11.1 Å². The molecule has 0 atom stereocenters. The first-order valence-electron chi connectivity index (χ1n) is 6.99. The minimum Gasteiger partial charge on any atom is -0.334 e. The van der Waals surface area contributed by atoms with Crippen LogP contribution in [-0.4, -0.2) is 10.1 Å². The van der Waals surface area contributed by atoms with Gasteiger partial charge in [-0.3, -0.25) is 0 Å². The summed E-state index contributed by atoms with van der Waals surface area (Å²) in [7, 11) is 0. The highest BCUT2D eigenvalue weighted by Gasteiger charge is 2.34. The molecule has 4 nitrogen and oxygen atoms in total. The van der Waals surface area contributed by atoms with Crippen LogP contribution in [0.5, 0.6) is 0 Å². The van der Waals surface area contributed by atoms with Gasteiger partial charge in [0, 0.05) is 3.57 Å². The molecule has 0 bridgehead atoms. The van der Waals surface area contributed by atoms with Crippen molar-refractivity contribution in [2.75, 3.05) is 0 Å². The lowest BCUT2D eigenvalue weighted by atomic mass is 9.82. The summed E-state index contributed by atoms with van der Waals surface area (Å²) in [5.74, 6) is 1.23. The van der Waals surface area contributed by atoms with E-state index in [4.69, 9.17) is 10.3 Å². The highest BCUT2D eigenvalue weighted by molar-refractivity contribution is 14.1. The fourth-order valence-corrected chi connectivity index (χ4v) is 3.34. The number of rotatable bonds is 2. The number of hydrogen-bond donors (Lipinski definition) is 1. The normalized spacial score (nSPS) is 18.1. The summed E-state index contributed by atoms with van der Waals surface area (Å²) in [6.07, 6.45) is 5.41. The van der Waals surface area contributed by atoms with Gasteiger partial charge in [-0.1, -0.05) is 36.6 Å². The number of nitrogens with two attached hydrogens (primary N) is 1. The van der Waals surface area contributed by atoms with Crippen molar-refractivity contribution in [2.24, 2.45) is 5.73 Å². The predicted octanol–water partition coefficient (Wildman–Crippen LogP) is 3.77. The molecule has 1 aliphatic carbocycles. The number of aromatic nitrogens is 2. The zero-order valence-electron chi connectivity index (χ0n) is 11.5. The van der Waals surface area contributed by atoms with Crippen LogP contribution in [0.15, 0.2) is 22.7 Å². The SMILES string of the molecule is Cc1cccc(-c2nc(C3(N)CCCCC3)no2)c1I. The summed E-state index contributed by atoms with van der Waals surface area (Å²) in [4.78, 5) is 4.57. The van der Waals surface area contributed by atoms with Crippen LogP contribution in [0.4, 0.5) is 0 Å². The van der Waals surface area contributed by atoms with Gasteiger partial charge in [0.25, 0.3) is 5.89 Å². The Balaban J connectivity index is 1.96. The van der Waals surface area contributed by atoms with Crippen molar-refractivity contribution in [3.05, 3.63) is 33.2 Å². The van der Waals surface area contributed by atoms with Crippen LogP contribution in [0.2, 0.25) is 0 Å². The van der Waals surface area contributed by atoms with E-state index in [1.54, 1.807) is 0 Å². The Labute approximate surface area is 132 Å². The first-order chi connectivity index (χ1) is 9.60. The maximum Gasteiger partial charge on any atom is 0.259 e. The van der Waals surface area contributed by atoms with Crippen molar-refractivity contribution >= 4 is 22.6 Å². The van der Waals surface area contributed by atoms with Crippen LogP contribution in [0.3, 0.4) is 0 Å². The molecule has 1 aromatic heterocycles. The van der Waals surface area contributed by atoms with Gasteiger partial charge in [-0.25, -0.2) is 0 Å². The van der Waals surface area contributed by atoms with E-state index in [1.807, 2.05) is 12.1 Å². The monoisotopic (exact) mass is 383 g/mol. The first-order valence-corrected chi connectivity index (χ1v) is 8.07. The molecule has 2 aromatic rings. The first kappa shape index (κ1) is 14.0. The van der Waals surface area contributed by atoms with E-state index in [0.717, 1.165) is 34.8 Å². The summed E-state index contributed by atoms with van der Waals surface area (Å²) in [6, 6.07) is 6.10. The predicted molar refractivity (Wildman–Crippen MR) is 86.1 cm³/mol. The van der Waals surface area contributed by atoms with E-state index in [1.165, 1.54) is 12.0 Å². The molecule has 106 valence electrons. The van der Waals surface area contributed by atoms with Crippen molar-refractivity contribution in [3.8, 4) is 11.5 Å². The molecular weight excluding hydrogens is 365 g/mol. The van der Waals surface area contributed by atoms with Gasteiger partial charge in [-0.15, -0.1) is 0 Å². The molecule has 2 N–H and O–H groups in total. The smallest absolute Gasteiger partial charge is 0.259 e. The summed E-state index contributed by atoms with van der Waals surface area (Å²) < 4.78 is 6.61. The Kier molecular flexibility index (Phi) is 3.81. The summed E-state index contributed by atoms with van der Waals surface area (Å²) in [6.45, 7) is 2.08. The Hall–Kier alpha value is -0.950. The lowest BCUT2D eigenvalue weighted by Crippen LogP contribution is -2.39. The topological polar surface area (TPSA) is 64.9 Å². The second-order valence-electron chi connectivity index (χ2n) is 5.58. The highest BCUT2D eigenvalue weighted by atomic mass is 127. The summed E-state index contributed by atoms with van der Waals surface area (Å²) in [5, 5.41) is 4.14. The van der Waals surface area contributed by atoms with Crippen LogP contribution >= 0.6 is 22.6 Å². The summed E-state index contributed by atoms with van der Waals surface area (Å²) in [5.41, 5.74) is 8.25. The molecule has 0 saturated heterocycles. The molecule has 0 amide bonds. The maximum absolute atomic E-state index is 6.45. The number of benzene rings is 1. The molecule has 1 aromatic carbocycles. The average Bonchev–Trinajstić information content (AvgIpc) is 2.93. The van der Waals surface area contributed by atoms with Gasteiger partial charge in [-0.05, 0) is 54.0 Å². The van der Waals surface area contributed by atoms with Gasteiger partial charge < -0.3 is 10.3 Å². The van der Waals surface area contributed by atoms with E-state index in [0.29, 0.717) is 11.7 Å². The second-order valence-corrected chi connectivity index (χ2v) is 6.66. The molecule has 1 fully saturated rings. The van der Waals surface area contributed by atoms with Crippen molar-refractivity contribution < 1.29 is 4.52 Å². The van der Waals surface area contributed by atoms with Gasteiger partial charge in [0.1, 0.15) is 0 Å². The lowest BCUT2D eigenvalue weighted by molar-refractivity contribution is 0.275. The third-order valence-corrected chi connectivity index (χ3v) is 5.47. The molecule has 0 radical (unpaired) electrons. The highest BCUT2D eigenvalue weighted by Crippen LogP contribution is 2.34. The second kappa shape index (κ2) is 5.44.